The summed E-state index contributed by atoms with van der Waals surface area (Å²) >= 11 is 0. The van der Waals surface area contributed by atoms with E-state index in [0.29, 0.717) is 0 Å². The quantitative estimate of drug-likeness (QED) is 0.585. The lowest BCUT2D eigenvalue weighted by molar-refractivity contribution is -0.268. The number of carbonyl (C=O) groups is 1. The van der Waals surface area contributed by atoms with Gasteiger partial charge in [0.05, 0.1) is 5.56 Å². The fraction of sp³-hybridized carbons (Fsp3) is 0. The molecule has 0 spiro atoms. The van der Waals surface area contributed by atoms with E-state index in [0.717, 1.165) is 18.5 Å². The minimum atomic E-state index is -1.13. The van der Waals surface area contributed by atoms with Crippen LogP contribution in [0.3, 0.4) is 0 Å². The van der Waals surface area contributed by atoms with Crippen molar-refractivity contribution >= 4 is 5.97 Å². The molecule has 0 fully saturated rings. The molecule has 0 saturated carbocycles. The van der Waals surface area contributed by atoms with Crippen LogP contribution in [0.5, 0.6) is 5.75 Å². The summed E-state index contributed by atoms with van der Waals surface area (Å²) in [5, 5.41) is 18.8. The molecule has 1 rings (SSSR count). The van der Waals surface area contributed by atoms with E-state index in [1.54, 1.807) is 0 Å². The van der Waals surface area contributed by atoms with Crippen LogP contribution in [0, 0.1) is 0 Å². The van der Waals surface area contributed by atoms with Crippen molar-refractivity contribution in [3.05, 3.63) is 24.0 Å². The molecule has 0 aliphatic heterocycles. The molecular weight excluding hydrogens is 134 g/mol. The van der Waals surface area contributed by atoms with Gasteiger partial charge in [-0.05, 0) is 0 Å². The highest BCUT2D eigenvalue weighted by Gasteiger charge is 1.98. The van der Waals surface area contributed by atoms with Gasteiger partial charge in [0.25, 0.3) is 0 Å². The van der Waals surface area contributed by atoms with Gasteiger partial charge < -0.3 is 10.2 Å². The predicted molar refractivity (Wildman–Crippen MR) is 30.6 cm³/mol. The maximum absolute atomic E-state index is 10.5. The third-order valence-corrected chi connectivity index (χ3v) is 0.960. The van der Waals surface area contributed by atoms with Gasteiger partial charge in [-0.3, -0.25) is 4.98 Å². The summed E-state index contributed by atoms with van der Waals surface area (Å²) in [5.41, 5.74) is -0.0764. The Balaban J connectivity index is 3.07. The van der Waals surface area contributed by atoms with E-state index in [-0.39, 0.29) is 11.3 Å². The number of aromatic carboxylic acids is 1. The first-order valence-electron chi connectivity index (χ1n) is 2.55. The van der Waals surface area contributed by atoms with Crippen molar-refractivity contribution in [3.8, 4) is 5.75 Å². The van der Waals surface area contributed by atoms with Gasteiger partial charge in [-0.1, -0.05) is 11.8 Å². The molecule has 52 valence electrons. The molecule has 0 bridgehead atoms. The minimum Gasteiger partial charge on any atom is -0.871 e. The SMILES string of the molecule is O=C(O)c1cncc([O-])c1. The van der Waals surface area contributed by atoms with Crippen LogP contribution in [0.1, 0.15) is 10.4 Å². The second kappa shape index (κ2) is 2.34. The van der Waals surface area contributed by atoms with Crippen molar-refractivity contribution in [1.82, 2.24) is 4.98 Å². The molecule has 0 radical (unpaired) electrons. The van der Waals surface area contributed by atoms with Crippen LogP contribution in [0.2, 0.25) is 0 Å². The Labute approximate surface area is 56.8 Å². The van der Waals surface area contributed by atoms with E-state index < -0.39 is 5.97 Å². The van der Waals surface area contributed by atoms with Crippen LogP contribution in [-0.2, 0) is 0 Å². The second-order valence-electron chi connectivity index (χ2n) is 1.71. The zero-order chi connectivity index (χ0) is 7.56. The minimum absolute atomic E-state index is 0.0764. The van der Waals surface area contributed by atoms with Gasteiger partial charge in [0.1, 0.15) is 0 Å². The Hall–Kier alpha value is -1.58. The van der Waals surface area contributed by atoms with Gasteiger partial charge in [-0.25, -0.2) is 4.79 Å². The average Bonchev–Trinajstić information content (AvgIpc) is 1.88. The van der Waals surface area contributed by atoms with Crippen LogP contribution < -0.4 is 5.11 Å². The molecule has 1 aromatic heterocycles. The Kier molecular flexibility index (Phi) is 1.53. The lowest BCUT2D eigenvalue weighted by Crippen LogP contribution is -1.99. The number of hydrogen-bond donors (Lipinski definition) is 1. The normalized spacial score (nSPS) is 9.20. The first kappa shape index (κ1) is 6.54. The molecule has 0 amide bonds. The number of carboxylic acid groups (broad SMARTS) is 1. The van der Waals surface area contributed by atoms with Crippen molar-refractivity contribution in [1.29, 1.82) is 0 Å². The van der Waals surface area contributed by atoms with Crippen LogP contribution in [0.15, 0.2) is 18.5 Å². The first-order chi connectivity index (χ1) is 4.70. The lowest BCUT2D eigenvalue weighted by Gasteiger charge is -2.02. The fourth-order valence-corrected chi connectivity index (χ4v) is 0.536. The molecule has 1 aromatic rings. The third kappa shape index (κ3) is 1.22. The highest BCUT2D eigenvalue weighted by atomic mass is 16.4. The van der Waals surface area contributed by atoms with Crippen LogP contribution in [0.25, 0.3) is 0 Å². The van der Waals surface area contributed by atoms with Crippen molar-refractivity contribution in [3.63, 3.8) is 0 Å². The Morgan fingerprint density at radius 1 is 1.60 bits per heavy atom. The standard InChI is InChI=1S/C6H5NO3/c8-5-1-4(6(9)10)2-7-3-5/h1-3,8H,(H,9,10)/p-1. The number of carboxylic acids is 1. The summed E-state index contributed by atoms with van der Waals surface area (Å²) < 4.78 is 0. The predicted octanol–water partition coefficient (Wildman–Crippen LogP) is -0.147. The van der Waals surface area contributed by atoms with Crippen LogP contribution >= 0.6 is 0 Å². The van der Waals surface area contributed by atoms with Gasteiger partial charge in [-0.2, -0.15) is 0 Å². The summed E-state index contributed by atoms with van der Waals surface area (Å²) in [5.74, 6) is -1.52. The number of pyridine rings is 1. The molecule has 0 unspecified atom stereocenters. The van der Waals surface area contributed by atoms with E-state index in [4.69, 9.17) is 5.11 Å². The summed E-state index contributed by atoms with van der Waals surface area (Å²) in [6.07, 6.45) is 2.19. The van der Waals surface area contributed by atoms with Crippen molar-refractivity contribution in [2.45, 2.75) is 0 Å². The number of aromatic nitrogens is 1. The Bertz CT molecular complexity index is 259. The maximum Gasteiger partial charge on any atom is 0.337 e. The third-order valence-electron chi connectivity index (χ3n) is 0.960. The molecule has 1 N–H and O–H groups in total. The smallest absolute Gasteiger partial charge is 0.337 e. The van der Waals surface area contributed by atoms with Crippen LogP contribution in [-0.4, -0.2) is 16.1 Å². The summed E-state index contributed by atoms with van der Waals surface area (Å²) in [6, 6.07) is 1.02. The summed E-state index contributed by atoms with van der Waals surface area (Å²) in [7, 11) is 0. The number of hydrogen-bond acceptors (Lipinski definition) is 3. The molecule has 0 saturated heterocycles. The maximum atomic E-state index is 10.5. The van der Waals surface area contributed by atoms with E-state index in [1.807, 2.05) is 0 Å². The molecule has 4 heteroatoms. The van der Waals surface area contributed by atoms with Gasteiger partial charge in [0, 0.05) is 12.4 Å². The highest BCUT2D eigenvalue weighted by Crippen LogP contribution is 2.04. The largest absolute Gasteiger partial charge is 0.871 e. The zero-order valence-corrected chi connectivity index (χ0v) is 4.94. The molecule has 0 atom stereocenters. The molecule has 0 aromatic carbocycles. The molecule has 10 heavy (non-hydrogen) atoms. The van der Waals surface area contributed by atoms with E-state index in [9.17, 15) is 9.90 Å². The van der Waals surface area contributed by atoms with Crippen LogP contribution in [0.4, 0.5) is 0 Å². The second-order valence-corrected chi connectivity index (χ2v) is 1.71. The Morgan fingerprint density at radius 3 is 2.70 bits per heavy atom. The topological polar surface area (TPSA) is 73.2 Å². The lowest BCUT2D eigenvalue weighted by atomic mass is 10.3. The molecule has 0 aliphatic rings. The monoisotopic (exact) mass is 138 g/mol. The van der Waals surface area contributed by atoms with E-state index in [2.05, 4.69) is 4.98 Å². The van der Waals surface area contributed by atoms with Crippen molar-refractivity contribution < 1.29 is 15.0 Å². The van der Waals surface area contributed by atoms with Gasteiger partial charge in [-0.15, -0.1) is 0 Å². The number of rotatable bonds is 1. The van der Waals surface area contributed by atoms with Crippen molar-refractivity contribution in [2.75, 3.05) is 0 Å². The van der Waals surface area contributed by atoms with Gasteiger partial charge in [0.15, 0.2) is 0 Å². The highest BCUT2D eigenvalue weighted by molar-refractivity contribution is 5.87. The average molecular weight is 138 g/mol. The van der Waals surface area contributed by atoms with Crippen molar-refractivity contribution in [2.24, 2.45) is 0 Å². The summed E-state index contributed by atoms with van der Waals surface area (Å²) in [4.78, 5) is 13.6. The molecule has 4 nitrogen and oxygen atoms in total. The molecule has 1 heterocycles. The van der Waals surface area contributed by atoms with Gasteiger partial charge in [0.2, 0.25) is 0 Å². The molecule has 0 aliphatic carbocycles. The van der Waals surface area contributed by atoms with Gasteiger partial charge >= 0.3 is 5.97 Å². The Morgan fingerprint density at radius 2 is 2.30 bits per heavy atom. The van der Waals surface area contributed by atoms with E-state index >= 15 is 0 Å². The number of nitrogens with zero attached hydrogens (tertiary/aromatic N) is 1. The zero-order valence-electron chi connectivity index (χ0n) is 4.94. The summed E-state index contributed by atoms with van der Waals surface area (Å²) in [6.45, 7) is 0. The first-order valence-corrected chi connectivity index (χ1v) is 2.55. The van der Waals surface area contributed by atoms with E-state index in [1.165, 1.54) is 0 Å². The fourth-order valence-electron chi connectivity index (χ4n) is 0.536. The molecular formula is C6H4NO3-.